The van der Waals surface area contributed by atoms with Crippen LogP contribution < -0.4 is 10.6 Å². The number of rotatable bonds is 12. The fourth-order valence-electron chi connectivity index (χ4n) is 4.26. The van der Waals surface area contributed by atoms with Gasteiger partial charge in [0.25, 0.3) is 5.91 Å². The van der Waals surface area contributed by atoms with Gasteiger partial charge in [0, 0.05) is 6.54 Å². The van der Waals surface area contributed by atoms with Gasteiger partial charge in [-0.05, 0) is 42.7 Å². The number of benzene rings is 1. The summed E-state index contributed by atoms with van der Waals surface area (Å²) in [7, 11) is -1.95. The molecule has 220 valence electrons. The number of amides is 2. The number of hydrogen-bond acceptors (Lipinski definition) is 7. The Bertz CT molecular complexity index is 1070. The van der Waals surface area contributed by atoms with Crippen LogP contribution >= 0.6 is 0 Å². The van der Waals surface area contributed by atoms with Crippen molar-refractivity contribution in [3.63, 3.8) is 0 Å². The average Bonchev–Trinajstić information content (AvgIpc) is 3.33. The van der Waals surface area contributed by atoms with Crippen LogP contribution in [0.4, 0.5) is 13.2 Å². The molecule has 0 aromatic heterocycles. The Morgan fingerprint density at radius 2 is 1.88 bits per heavy atom. The van der Waals surface area contributed by atoms with Gasteiger partial charge < -0.3 is 25.0 Å². The number of nitrogens with zero attached hydrogens (tertiary/aromatic N) is 2. The maximum Gasteiger partial charge on any atom is 0.475 e. The Morgan fingerprint density at radius 3 is 2.42 bits per heavy atom. The Morgan fingerprint density at radius 1 is 1.23 bits per heavy atom. The molecule has 1 saturated heterocycles. The van der Waals surface area contributed by atoms with Crippen LogP contribution in [0.3, 0.4) is 0 Å². The second kappa shape index (κ2) is 14.6. The molecule has 1 aliphatic heterocycles. The van der Waals surface area contributed by atoms with E-state index in [0.29, 0.717) is 30.5 Å². The highest BCUT2D eigenvalue weighted by molar-refractivity contribution is 6.43. The molecule has 40 heavy (non-hydrogen) atoms. The number of carbonyl (C=O) groups excluding carboxylic acids is 2. The number of allylic oxidation sites excluding steroid dienone is 1. The summed E-state index contributed by atoms with van der Waals surface area (Å²) in [5.74, 6) is -2.49. The van der Waals surface area contributed by atoms with Crippen molar-refractivity contribution in [1.29, 1.82) is 5.26 Å². The summed E-state index contributed by atoms with van der Waals surface area (Å²) >= 11 is 0. The molecular formula is C27H38BF3N4O5. The van der Waals surface area contributed by atoms with Crippen molar-refractivity contribution in [3.8, 4) is 6.07 Å². The molecule has 0 bridgehead atoms. The lowest BCUT2D eigenvalue weighted by Gasteiger charge is -2.28. The van der Waals surface area contributed by atoms with E-state index in [1.807, 2.05) is 26.8 Å². The summed E-state index contributed by atoms with van der Waals surface area (Å²) in [6, 6.07) is 8.80. The lowest BCUT2D eigenvalue weighted by Crippen LogP contribution is -2.56. The number of carbonyl (C=O) groups is 2. The first kappa shape index (κ1) is 33.3. The summed E-state index contributed by atoms with van der Waals surface area (Å²) in [5, 5.41) is 33.7. The molecule has 4 N–H and O–H groups in total. The van der Waals surface area contributed by atoms with E-state index in [2.05, 4.69) is 10.6 Å². The number of nitrogens with one attached hydrogen (secondary N) is 2. The molecule has 1 aliphatic rings. The molecule has 1 fully saturated rings. The number of alkyl halides is 3. The molecule has 0 unspecified atom stereocenters. The van der Waals surface area contributed by atoms with Gasteiger partial charge in [-0.3, -0.25) is 14.9 Å². The maximum absolute atomic E-state index is 13.2. The zero-order chi connectivity index (χ0) is 30.1. The van der Waals surface area contributed by atoms with Gasteiger partial charge in [-0.15, -0.1) is 0 Å². The number of likely N-dealkylation sites (tertiary alicyclic amines) is 1. The predicted octanol–water partition coefficient (Wildman–Crippen LogP) is 2.14. The Hall–Kier alpha value is -2.92. The third-order valence-electron chi connectivity index (χ3n) is 6.91. The highest BCUT2D eigenvalue weighted by atomic mass is 19.4. The quantitative estimate of drug-likeness (QED) is 0.173. The van der Waals surface area contributed by atoms with E-state index in [1.165, 1.54) is 4.90 Å². The molecule has 0 aliphatic carbocycles. The molecule has 2 rings (SSSR count). The fourth-order valence-corrected chi connectivity index (χ4v) is 4.26. The number of hydrogen-bond donors (Lipinski definition) is 4. The van der Waals surface area contributed by atoms with Crippen LogP contribution in [0.25, 0.3) is 0 Å². The lowest BCUT2D eigenvalue weighted by atomic mass is 9.76. The first-order chi connectivity index (χ1) is 18.6. The molecule has 0 spiro atoms. The molecule has 3 atom stereocenters. The summed E-state index contributed by atoms with van der Waals surface area (Å²) < 4.78 is 44.4. The van der Waals surface area contributed by atoms with Crippen molar-refractivity contribution in [3.05, 3.63) is 47.0 Å². The molecule has 9 nitrogen and oxygen atoms in total. The van der Waals surface area contributed by atoms with Gasteiger partial charge >= 0.3 is 13.3 Å². The second-order valence-electron chi connectivity index (χ2n) is 11.0. The Balaban J connectivity index is 2.09. The van der Waals surface area contributed by atoms with Crippen LogP contribution in [0.2, 0.25) is 0 Å². The molecule has 1 aromatic carbocycles. The van der Waals surface area contributed by atoms with Crippen molar-refractivity contribution in [2.24, 2.45) is 5.41 Å². The summed E-state index contributed by atoms with van der Waals surface area (Å²) in [6.45, 7) is 5.87. The van der Waals surface area contributed by atoms with Crippen molar-refractivity contribution in [1.82, 2.24) is 15.5 Å². The normalized spacial score (nSPS) is 18.0. The molecule has 0 radical (unpaired) electrons. The van der Waals surface area contributed by atoms with Crippen molar-refractivity contribution in [2.45, 2.75) is 71.2 Å². The minimum atomic E-state index is -4.60. The monoisotopic (exact) mass is 566 g/mol. The number of nitriles is 1. The summed E-state index contributed by atoms with van der Waals surface area (Å²) in [6.07, 6.45) is -3.32. The smallest absolute Gasteiger partial charge is 0.426 e. The van der Waals surface area contributed by atoms with Crippen molar-refractivity contribution < 1.29 is 37.5 Å². The second-order valence-corrected chi connectivity index (χ2v) is 11.0. The predicted molar refractivity (Wildman–Crippen MR) is 143 cm³/mol. The van der Waals surface area contributed by atoms with Gasteiger partial charge in [0.2, 0.25) is 5.91 Å². The van der Waals surface area contributed by atoms with Crippen molar-refractivity contribution in [2.75, 3.05) is 26.3 Å². The van der Waals surface area contributed by atoms with Crippen LogP contribution in [-0.4, -0.2) is 84.4 Å². The van der Waals surface area contributed by atoms with Crippen LogP contribution in [0, 0.1) is 16.7 Å². The van der Waals surface area contributed by atoms with Crippen LogP contribution in [-0.2, 0) is 20.7 Å². The fraction of sp³-hybridized carbons (Fsp3) is 0.593. The van der Waals surface area contributed by atoms with Crippen molar-refractivity contribution >= 4 is 18.9 Å². The largest absolute Gasteiger partial charge is 0.475 e. The van der Waals surface area contributed by atoms with Gasteiger partial charge in [-0.25, -0.2) is 0 Å². The maximum atomic E-state index is 13.2. The van der Waals surface area contributed by atoms with E-state index in [-0.39, 0.29) is 18.6 Å². The van der Waals surface area contributed by atoms with E-state index in [9.17, 15) is 38.1 Å². The van der Waals surface area contributed by atoms with E-state index >= 15 is 0 Å². The van der Waals surface area contributed by atoms with Gasteiger partial charge in [-0.1, -0.05) is 51.1 Å². The minimum absolute atomic E-state index is 0.0406. The summed E-state index contributed by atoms with van der Waals surface area (Å²) in [5.41, 5.74) is 0.999. The highest BCUT2D eigenvalue weighted by Crippen LogP contribution is 2.29. The highest BCUT2D eigenvalue weighted by Gasteiger charge is 2.35. The lowest BCUT2D eigenvalue weighted by molar-refractivity contribution is -0.135. The molecule has 2 amide bonds. The van der Waals surface area contributed by atoms with Gasteiger partial charge in [0.1, 0.15) is 17.7 Å². The first-order valence-electron chi connectivity index (χ1n) is 13.1. The summed E-state index contributed by atoms with van der Waals surface area (Å²) in [4.78, 5) is 27.6. The first-order valence-corrected chi connectivity index (χ1v) is 13.1. The molecule has 1 heterocycles. The molecule has 13 heteroatoms. The molecule has 0 saturated carbocycles. The zero-order valence-corrected chi connectivity index (χ0v) is 23.3. The minimum Gasteiger partial charge on any atom is -0.426 e. The van der Waals surface area contributed by atoms with Gasteiger partial charge in [0.05, 0.1) is 31.7 Å². The van der Waals surface area contributed by atoms with E-state index < -0.39 is 61.7 Å². The SMILES string of the molecule is C/C(=C(/C#N)C(=O)N1CCC[C@@H]1COC[C@H](NCC(F)(F)F)C(=O)N[C@@H](Cc1ccccc1)B(O)O)C(C)(C)C. The van der Waals surface area contributed by atoms with E-state index in [0.717, 1.165) is 0 Å². The third kappa shape index (κ3) is 10.2. The molecular weight excluding hydrogens is 528 g/mol. The standard InChI is InChI=1S/C27H38BF3N4O5/c1-18(26(2,3)4)21(14-32)25(37)35-12-8-11-20(35)15-40-16-22(33-17-27(29,30)31)24(36)34-23(28(38)39)13-19-9-6-5-7-10-19/h5-7,9-10,20,22-23,33,38-39H,8,11-13,15-17H2,1-4H3,(H,34,36)/b21-18+/t20-,22+,23+/m1/s1. The zero-order valence-electron chi connectivity index (χ0n) is 23.3. The van der Waals surface area contributed by atoms with Crippen LogP contribution in [0.15, 0.2) is 41.5 Å². The van der Waals surface area contributed by atoms with Gasteiger partial charge in [-0.2, -0.15) is 18.4 Å². The Kier molecular flexibility index (Phi) is 12.2. The molecule has 1 aromatic rings. The van der Waals surface area contributed by atoms with Crippen LogP contribution in [0.1, 0.15) is 46.1 Å². The topological polar surface area (TPSA) is 135 Å². The van der Waals surface area contributed by atoms with E-state index in [1.54, 1.807) is 37.3 Å². The number of halogens is 3. The van der Waals surface area contributed by atoms with Crippen LogP contribution in [0.5, 0.6) is 0 Å². The third-order valence-corrected chi connectivity index (χ3v) is 6.91. The number of ether oxygens (including phenoxy) is 1. The van der Waals surface area contributed by atoms with E-state index in [4.69, 9.17) is 4.74 Å². The Labute approximate surface area is 233 Å². The van der Waals surface area contributed by atoms with Gasteiger partial charge in [0.15, 0.2) is 0 Å². The average molecular weight is 566 g/mol.